The Labute approximate surface area is 80.0 Å². The fourth-order valence-electron chi connectivity index (χ4n) is 1.38. The van der Waals surface area contributed by atoms with Crippen LogP contribution in [0.1, 0.15) is 6.42 Å². The molecule has 0 radical (unpaired) electrons. The van der Waals surface area contributed by atoms with E-state index in [9.17, 15) is 0 Å². The molecule has 1 saturated heterocycles. The maximum absolute atomic E-state index is 4.24. The van der Waals surface area contributed by atoms with Crippen LogP contribution in [0.15, 0.2) is 18.6 Å². The van der Waals surface area contributed by atoms with Gasteiger partial charge in [0.1, 0.15) is 5.82 Å². The van der Waals surface area contributed by atoms with Crippen LogP contribution in [0.5, 0.6) is 0 Å². The third-order valence-electron chi connectivity index (χ3n) is 2.00. The molecule has 64 valence electrons. The first-order valence-corrected chi connectivity index (χ1v) is 4.93. The highest BCUT2D eigenvalue weighted by Crippen LogP contribution is 2.20. The van der Waals surface area contributed by atoms with E-state index in [1.165, 1.54) is 6.42 Å². The Morgan fingerprint density at radius 1 is 1.50 bits per heavy atom. The molecular weight excluding hydrogens is 218 g/mol. The summed E-state index contributed by atoms with van der Waals surface area (Å²) < 4.78 is 0. The summed E-state index contributed by atoms with van der Waals surface area (Å²) in [5.41, 5.74) is 0. The van der Waals surface area contributed by atoms with Gasteiger partial charge in [-0.2, -0.15) is 0 Å². The Hall–Kier alpha value is -0.640. The second kappa shape index (κ2) is 3.39. The van der Waals surface area contributed by atoms with Crippen LogP contribution in [0.25, 0.3) is 0 Å². The number of rotatable bonds is 1. The number of aromatic nitrogens is 2. The average molecular weight is 228 g/mol. The van der Waals surface area contributed by atoms with Crippen molar-refractivity contribution in [2.75, 3.05) is 18.0 Å². The van der Waals surface area contributed by atoms with Gasteiger partial charge in [-0.3, -0.25) is 4.98 Å². The summed E-state index contributed by atoms with van der Waals surface area (Å²) in [6, 6.07) is 0. The molecular formula is C8H10BrN3. The smallest absolute Gasteiger partial charge is 0.147 e. The van der Waals surface area contributed by atoms with Gasteiger partial charge in [0.05, 0.1) is 6.20 Å². The molecule has 1 aromatic heterocycles. The Balaban J connectivity index is 2.11. The molecule has 0 bridgehead atoms. The van der Waals surface area contributed by atoms with Crippen LogP contribution in [-0.2, 0) is 0 Å². The van der Waals surface area contributed by atoms with E-state index in [1.807, 2.05) is 6.20 Å². The lowest BCUT2D eigenvalue weighted by molar-refractivity contribution is 0.927. The van der Waals surface area contributed by atoms with Crippen molar-refractivity contribution in [1.29, 1.82) is 0 Å². The number of nitrogens with zero attached hydrogens (tertiary/aromatic N) is 3. The van der Waals surface area contributed by atoms with Gasteiger partial charge >= 0.3 is 0 Å². The van der Waals surface area contributed by atoms with Crippen molar-refractivity contribution in [2.24, 2.45) is 0 Å². The lowest BCUT2D eigenvalue weighted by atomic mass is 10.4. The van der Waals surface area contributed by atoms with Gasteiger partial charge in [-0.25, -0.2) is 4.98 Å². The highest BCUT2D eigenvalue weighted by molar-refractivity contribution is 9.09. The molecule has 0 aromatic carbocycles. The van der Waals surface area contributed by atoms with E-state index in [-0.39, 0.29) is 0 Å². The quantitative estimate of drug-likeness (QED) is 0.681. The summed E-state index contributed by atoms with van der Waals surface area (Å²) in [4.78, 5) is 11.1. The lowest BCUT2D eigenvalue weighted by Crippen LogP contribution is -2.20. The van der Waals surface area contributed by atoms with Crippen LogP contribution >= 0.6 is 15.9 Å². The number of anilines is 1. The van der Waals surface area contributed by atoms with Crippen LogP contribution in [0.3, 0.4) is 0 Å². The maximum atomic E-state index is 4.24. The van der Waals surface area contributed by atoms with Crippen molar-refractivity contribution in [3.8, 4) is 0 Å². The predicted molar refractivity (Wildman–Crippen MR) is 51.6 cm³/mol. The summed E-state index contributed by atoms with van der Waals surface area (Å²) in [5.74, 6) is 0.986. The van der Waals surface area contributed by atoms with Crippen molar-refractivity contribution in [3.05, 3.63) is 18.6 Å². The van der Waals surface area contributed by atoms with Gasteiger partial charge in [-0.05, 0) is 6.42 Å². The fourth-order valence-corrected chi connectivity index (χ4v) is 1.93. The zero-order valence-corrected chi connectivity index (χ0v) is 8.24. The van der Waals surface area contributed by atoms with E-state index in [0.717, 1.165) is 18.9 Å². The topological polar surface area (TPSA) is 29.0 Å². The highest BCUT2D eigenvalue weighted by Gasteiger charge is 2.20. The van der Waals surface area contributed by atoms with Gasteiger partial charge in [0.15, 0.2) is 0 Å². The van der Waals surface area contributed by atoms with Crippen molar-refractivity contribution in [2.45, 2.75) is 11.2 Å². The van der Waals surface area contributed by atoms with Crippen molar-refractivity contribution in [1.82, 2.24) is 9.97 Å². The van der Waals surface area contributed by atoms with Crippen LogP contribution < -0.4 is 4.90 Å². The summed E-state index contributed by atoms with van der Waals surface area (Å²) >= 11 is 3.59. The van der Waals surface area contributed by atoms with E-state index >= 15 is 0 Å². The Morgan fingerprint density at radius 2 is 2.42 bits per heavy atom. The van der Waals surface area contributed by atoms with Gasteiger partial charge in [0.2, 0.25) is 0 Å². The molecule has 3 nitrogen and oxygen atoms in total. The Morgan fingerprint density at radius 3 is 3.00 bits per heavy atom. The minimum absolute atomic E-state index is 0.611. The van der Waals surface area contributed by atoms with Gasteiger partial charge in [0, 0.05) is 30.3 Å². The van der Waals surface area contributed by atoms with Crippen molar-refractivity contribution >= 4 is 21.7 Å². The molecule has 0 saturated carbocycles. The Kier molecular flexibility index (Phi) is 2.26. The normalized spacial score (nSPS) is 23.1. The molecule has 0 amide bonds. The first-order chi connectivity index (χ1) is 5.86. The zero-order valence-electron chi connectivity index (χ0n) is 6.65. The second-order valence-corrected chi connectivity index (χ2v) is 4.19. The van der Waals surface area contributed by atoms with Crippen LogP contribution in [0.2, 0.25) is 0 Å². The molecule has 1 unspecified atom stereocenters. The largest absolute Gasteiger partial charge is 0.354 e. The molecule has 1 aliphatic rings. The molecule has 1 aliphatic heterocycles. The number of hydrogen-bond acceptors (Lipinski definition) is 3. The summed E-state index contributed by atoms with van der Waals surface area (Å²) in [6.07, 6.45) is 6.43. The van der Waals surface area contributed by atoms with Crippen molar-refractivity contribution in [3.63, 3.8) is 0 Å². The molecule has 1 aromatic rings. The van der Waals surface area contributed by atoms with Crippen LogP contribution in [0, 0.1) is 0 Å². The van der Waals surface area contributed by atoms with Crippen LogP contribution in [-0.4, -0.2) is 27.9 Å². The third-order valence-corrected chi connectivity index (χ3v) is 2.75. The van der Waals surface area contributed by atoms with Gasteiger partial charge in [0.25, 0.3) is 0 Å². The molecule has 12 heavy (non-hydrogen) atoms. The van der Waals surface area contributed by atoms with Gasteiger partial charge in [-0.15, -0.1) is 0 Å². The number of hydrogen-bond donors (Lipinski definition) is 0. The van der Waals surface area contributed by atoms with Gasteiger partial charge in [-0.1, -0.05) is 15.9 Å². The molecule has 0 aliphatic carbocycles. The first kappa shape index (κ1) is 7.98. The van der Waals surface area contributed by atoms with E-state index in [1.54, 1.807) is 12.4 Å². The monoisotopic (exact) mass is 227 g/mol. The minimum Gasteiger partial charge on any atom is -0.354 e. The second-order valence-electron chi connectivity index (χ2n) is 2.90. The molecule has 1 fully saturated rings. The number of alkyl halides is 1. The molecule has 0 spiro atoms. The third kappa shape index (κ3) is 1.58. The number of halogens is 1. The SMILES string of the molecule is BrC1CCN(c2cnccn2)C1. The van der Waals surface area contributed by atoms with E-state index < -0.39 is 0 Å². The zero-order chi connectivity index (χ0) is 8.39. The molecule has 2 rings (SSSR count). The molecule has 2 heterocycles. The van der Waals surface area contributed by atoms with Crippen molar-refractivity contribution < 1.29 is 0 Å². The molecule has 1 atom stereocenters. The van der Waals surface area contributed by atoms with Crippen LogP contribution in [0.4, 0.5) is 5.82 Å². The first-order valence-electron chi connectivity index (χ1n) is 4.01. The average Bonchev–Trinajstić information content (AvgIpc) is 2.54. The molecule has 0 N–H and O–H groups in total. The Bertz CT molecular complexity index is 252. The lowest BCUT2D eigenvalue weighted by Gasteiger charge is -2.14. The molecule has 4 heteroatoms. The summed E-state index contributed by atoms with van der Waals surface area (Å²) in [6.45, 7) is 2.12. The van der Waals surface area contributed by atoms with E-state index in [2.05, 4.69) is 30.8 Å². The summed E-state index contributed by atoms with van der Waals surface area (Å²) in [5, 5.41) is 0. The minimum atomic E-state index is 0.611. The van der Waals surface area contributed by atoms with Gasteiger partial charge < -0.3 is 4.90 Å². The van der Waals surface area contributed by atoms with E-state index in [4.69, 9.17) is 0 Å². The predicted octanol–water partition coefficient (Wildman–Crippen LogP) is 1.45. The standard InChI is InChI=1S/C8H10BrN3/c9-7-1-4-12(6-7)8-5-10-2-3-11-8/h2-3,5,7H,1,4,6H2. The fraction of sp³-hybridized carbons (Fsp3) is 0.500. The summed E-state index contributed by atoms with van der Waals surface area (Å²) in [7, 11) is 0. The van der Waals surface area contributed by atoms with E-state index in [0.29, 0.717) is 4.83 Å². The maximum Gasteiger partial charge on any atom is 0.147 e. The highest BCUT2D eigenvalue weighted by atomic mass is 79.9.